The van der Waals surface area contributed by atoms with Crippen molar-refractivity contribution in [3.8, 4) is 5.69 Å². The quantitative estimate of drug-likeness (QED) is 0.447. The number of benzene rings is 1. The van der Waals surface area contributed by atoms with Gasteiger partial charge in [0.05, 0.1) is 18.4 Å². The van der Waals surface area contributed by atoms with Crippen molar-refractivity contribution < 1.29 is 9.59 Å². The van der Waals surface area contributed by atoms with Gasteiger partial charge in [0.2, 0.25) is 5.91 Å². The Labute approximate surface area is 184 Å². The molecule has 10 heteroatoms. The molecule has 0 unspecified atom stereocenters. The molecule has 0 radical (unpaired) electrons. The van der Waals surface area contributed by atoms with Crippen LogP contribution in [-0.4, -0.2) is 44.3 Å². The van der Waals surface area contributed by atoms with Crippen LogP contribution in [0, 0.1) is 0 Å². The Morgan fingerprint density at radius 3 is 2.66 bits per heavy atom. The van der Waals surface area contributed by atoms with Gasteiger partial charge in [0.1, 0.15) is 11.2 Å². The fourth-order valence-electron chi connectivity index (χ4n) is 3.87. The molecule has 1 fully saturated rings. The Morgan fingerprint density at radius 2 is 1.88 bits per heavy atom. The van der Waals surface area contributed by atoms with Crippen molar-refractivity contribution in [1.82, 2.24) is 35.7 Å². The number of nitrogens with one attached hydrogen (secondary N) is 4. The summed E-state index contributed by atoms with van der Waals surface area (Å²) in [5, 5.41) is 13.0. The minimum atomic E-state index is -0.435. The van der Waals surface area contributed by atoms with Gasteiger partial charge in [-0.25, -0.2) is 14.5 Å². The summed E-state index contributed by atoms with van der Waals surface area (Å²) in [6, 6.07) is 9.19. The van der Waals surface area contributed by atoms with Crippen molar-refractivity contribution in [3.63, 3.8) is 0 Å². The zero-order valence-corrected chi connectivity index (χ0v) is 17.8. The maximum Gasteiger partial charge on any atom is 0.315 e. The van der Waals surface area contributed by atoms with Crippen LogP contribution in [0.25, 0.3) is 16.7 Å². The number of hydrogen-bond donors (Lipinski definition) is 4. The molecule has 0 aliphatic heterocycles. The van der Waals surface area contributed by atoms with Gasteiger partial charge in [-0.3, -0.25) is 9.59 Å². The number of rotatable bonds is 7. The lowest BCUT2D eigenvalue weighted by Crippen LogP contribution is -2.40. The van der Waals surface area contributed by atoms with Crippen molar-refractivity contribution in [2.24, 2.45) is 0 Å². The maximum atomic E-state index is 12.4. The molecule has 1 aliphatic carbocycles. The number of nitrogens with zero attached hydrogens (tertiary/aromatic N) is 3. The molecule has 168 valence electrons. The van der Waals surface area contributed by atoms with Crippen LogP contribution in [0.15, 0.2) is 41.3 Å². The first-order valence-electron chi connectivity index (χ1n) is 10.9. The fourth-order valence-corrected chi connectivity index (χ4v) is 3.87. The minimum absolute atomic E-state index is 0.0330. The molecule has 3 amide bonds. The number of urea groups is 1. The van der Waals surface area contributed by atoms with E-state index in [1.807, 2.05) is 30.3 Å². The molecule has 1 aromatic carbocycles. The van der Waals surface area contributed by atoms with Crippen LogP contribution in [-0.2, 0) is 11.3 Å². The molecule has 2 heterocycles. The number of fused-ring (bicyclic) bond motifs is 1. The topological polar surface area (TPSA) is 134 Å². The third kappa shape index (κ3) is 5.32. The number of aromatic nitrogens is 4. The molecule has 0 spiro atoms. The lowest BCUT2D eigenvalue weighted by molar-refractivity contribution is -0.121. The van der Waals surface area contributed by atoms with Crippen LogP contribution in [0.4, 0.5) is 4.79 Å². The Bertz CT molecular complexity index is 1130. The summed E-state index contributed by atoms with van der Waals surface area (Å²) in [4.78, 5) is 43.6. The minimum Gasteiger partial charge on any atom is -0.353 e. The van der Waals surface area contributed by atoms with Crippen LogP contribution in [0.1, 0.15) is 44.3 Å². The highest BCUT2D eigenvalue weighted by Gasteiger charge is 2.16. The predicted octanol–water partition coefficient (Wildman–Crippen LogP) is 1.75. The number of H-pyrrole nitrogens is 1. The molecule has 2 aromatic heterocycles. The Morgan fingerprint density at radius 1 is 1.09 bits per heavy atom. The highest BCUT2D eigenvalue weighted by molar-refractivity contribution is 5.78. The SMILES string of the molecule is O=C(CCNC(=O)NCc1nc2c(cnn2-c2ccccc2)c(=O)[nH]1)NC1CCCCC1. The standard InChI is InChI=1S/C22H27N7O3/c30-19(26-15-7-3-1-4-8-15)11-12-23-22(32)24-14-18-27-20-17(21(31)28-18)13-25-29(20)16-9-5-2-6-10-16/h2,5-6,9-10,13,15H,1,3-4,7-8,11-12,14H2,(H,26,30)(H2,23,24,32)(H,27,28,31). The monoisotopic (exact) mass is 437 g/mol. The second-order valence-corrected chi connectivity index (χ2v) is 7.90. The third-order valence-corrected chi connectivity index (χ3v) is 5.51. The van der Waals surface area contributed by atoms with Crippen LogP contribution >= 0.6 is 0 Å². The molecule has 1 saturated carbocycles. The number of carbonyl (C=O) groups excluding carboxylic acids is 2. The van der Waals surface area contributed by atoms with E-state index in [4.69, 9.17) is 0 Å². The fraction of sp³-hybridized carbons (Fsp3) is 0.409. The van der Waals surface area contributed by atoms with E-state index in [0.29, 0.717) is 16.9 Å². The zero-order valence-electron chi connectivity index (χ0n) is 17.8. The lowest BCUT2D eigenvalue weighted by Gasteiger charge is -2.22. The molecule has 0 saturated heterocycles. The van der Waals surface area contributed by atoms with Crippen molar-refractivity contribution in [2.45, 2.75) is 51.1 Å². The highest BCUT2D eigenvalue weighted by Crippen LogP contribution is 2.17. The Hall–Kier alpha value is -3.69. The van der Waals surface area contributed by atoms with E-state index in [-0.39, 0.29) is 37.0 Å². The van der Waals surface area contributed by atoms with Crippen LogP contribution < -0.4 is 21.5 Å². The van der Waals surface area contributed by atoms with Gasteiger partial charge >= 0.3 is 6.03 Å². The molecule has 0 atom stereocenters. The van der Waals surface area contributed by atoms with E-state index in [1.54, 1.807) is 4.68 Å². The lowest BCUT2D eigenvalue weighted by atomic mass is 9.95. The number of aromatic amines is 1. The third-order valence-electron chi connectivity index (χ3n) is 5.51. The first kappa shape index (κ1) is 21.5. The molecule has 10 nitrogen and oxygen atoms in total. The number of hydrogen-bond acceptors (Lipinski definition) is 5. The van der Waals surface area contributed by atoms with E-state index < -0.39 is 6.03 Å². The molecule has 0 bridgehead atoms. The van der Waals surface area contributed by atoms with Gasteiger partial charge in [-0.15, -0.1) is 0 Å². The van der Waals surface area contributed by atoms with Gasteiger partial charge in [-0.1, -0.05) is 37.5 Å². The number of carbonyl (C=O) groups is 2. The maximum absolute atomic E-state index is 12.4. The first-order chi connectivity index (χ1) is 15.6. The second-order valence-electron chi connectivity index (χ2n) is 7.90. The van der Waals surface area contributed by atoms with Crippen LogP contribution in [0.5, 0.6) is 0 Å². The first-order valence-corrected chi connectivity index (χ1v) is 10.9. The average molecular weight is 438 g/mol. The van der Waals surface area contributed by atoms with Crippen molar-refractivity contribution in [1.29, 1.82) is 0 Å². The van der Waals surface area contributed by atoms with Crippen LogP contribution in [0.2, 0.25) is 0 Å². The van der Waals surface area contributed by atoms with E-state index in [0.717, 1.165) is 31.4 Å². The number of amides is 3. The second kappa shape index (κ2) is 10.1. The zero-order chi connectivity index (χ0) is 22.3. The highest BCUT2D eigenvalue weighted by atomic mass is 16.2. The molecule has 4 N–H and O–H groups in total. The summed E-state index contributed by atoms with van der Waals surface area (Å²) in [6.45, 7) is 0.263. The largest absolute Gasteiger partial charge is 0.353 e. The van der Waals surface area contributed by atoms with Gasteiger partial charge < -0.3 is 20.9 Å². The summed E-state index contributed by atoms with van der Waals surface area (Å²) in [5.41, 5.74) is 0.870. The summed E-state index contributed by atoms with van der Waals surface area (Å²) in [6.07, 6.45) is 7.28. The van der Waals surface area contributed by atoms with E-state index >= 15 is 0 Å². The van der Waals surface area contributed by atoms with Crippen LogP contribution in [0.3, 0.4) is 0 Å². The Kier molecular flexibility index (Phi) is 6.78. The summed E-state index contributed by atoms with van der Waals surface area (Å²) >= 11 is 0. The van der Waals surface area contributed by atoms with E-state index in [1.165, 1.54) is 12.6 Å². The van der Waals surface area contributed by atoms with Gasteiger partial charge in [-0.05, 0) is 25.0 Å². The molecular formula is C22H27N7O3. The molecular weight excluding hydrogens is 410 g/mol. The molecule has 3 aromatic rings. The molecule has 1 aliphatic rings. The van der Waals surface area contributed by atoms with Gasteiger partial charge in [0.25, 0.3) is 5.56 Å². The van der Waals surface area contributed by atoms with Crippen molar-refractivity contribution >= 4 is 23.0 Å². The van der Waals surface area contributed by atoms with Crippen molar-refractivity contribution in [3.05, 3.63) is 52.7 Å². The normalized spacial score (nSPS) is 14.2. The van der Waals surface area contributed by atoms with Crippen molar-refractivity contribution in [2.75, 3.05) is 6.54 Å². The number of para-hydroxylation sites is 1. The summed E-state index contributed by atoms with van der Waals surface area (Å²) < 4.78 is 1.58. The summed E-state index contributed by atoms with van der Waals surface area (Å²) in [7, 11) is 0. The average Bonchev–Trinajstić information content (AvgIpc) is 3.23. The van der Waals surface area contributed by atoms with Gasteiger partial charge in [0, 0.05) is 19.0 Å². The van der Waals surface area contributed by atoms with E-state index in [9.17, 15) is 14.4 Å². The summed E-state index contributed by atoms with van der Waals surface area (Å²) in [5.74, 6) is 0.258. The molecule has 4 rings (SSSR count). The Balaban J connectivity index is 1.29. The van der Waals surface area contributed by atoms with E-state index in [2.05, 4.69) is 31.0 Å². The van der Waals surface area contributed by atoms with Gasteiger partial charge in [0.15, 0.2) is 5.65 Å². The molecule has 32 heavy (non-hydrogen) atoms. The van der Waals surface area contributed by atoms with Gasteiger partial charge in [-0.2, -0.15) is 5.10 Å². The smallest absolute Gasteiger partial charge is 0.315 e. The predicted molar refractivity (Wildman–Crippen MR) is 119 cm³/mol.